The van der Waals surface area contributed by atoms with Crippen LogP contribution in [0.4, 0.5) is 20.4 Å². The normalized spacial score (nSPS) is 12.0. The molecule has 1 aromatic carbocycles. The van der Waals surface area contributed by atoms with Gasteiger partial charge < -0.3 is 15.8 Å². The van der Waals surface area contributed by atoms with Crippen LogP contribution in [-0.2, 0) is 0 Å². The predicted octanol–water partition coefficient (Wildman–Crippen LogP) is 1.79. The van der Waals surface area contributed by atoms with Crippen LogP contribution >= 0.6 is 0 Å². The molecule has 0 aliphatic heterocycles. The van der Waals surface area contributed by atoms with Crippen molar-refractivity contribution >= 4 is 11.6 Å². The molecule has 0 radical (unpaired) electrons. The molecular formula is C13H14F2N4O. The largest absolute Gasteiger partial charge is 0.387 e. The highest BCUT2D eigenvalue weighted by atomic mass is 19.1. The van der Waals surface area contributed by atoms with Gasteiger partial charge in [-0.2, -0.15) is 0 Å². The molecule has 0 aliphatic rings. The van der Waals surface area contributed by atoms with Crippen LogP contribution in [0.1, 0.15) is 11.7 Å². The number of halogens is 2. The minimum atomic E-state index is -0.890. The number of aliphatic hydroxyl groups is 1. The summed E-state index contributed by atoms with van der Waals surface area (Å²) in [5.74, 6) is 2.85. The van der Waals surface area contributed by atoms with Gasteiger partial charge in [0, 0.05) is 12.6 Å². The van der Waals surface area contributed by atoms with Gasteiger partial charge in [0.25, 0.3) is 0 Å². The van der Waals surface area contributed by atoms with Crippen molar-refractivity contribution in [2.75, 3.05) is 17.3 Å². The van der Waals surface area contributed by atoms with E-state index in [0.717, 1.165) is 0 Å². The average molecular weight is 280 g/mol. The number of nitrogens with zero attached hydrogens (tertiary/aromatic N) is 1. The van der Waals surface area contributed by atoms with Crippen LogP contribution < -0.4 is 16.6 Å². The Hall–Kier alpha value is -2.25. The van der Waals surface area contributed by atoms with Gasteiger partial charge in [0.05, 0.1) is 6.10 Å². The number of anilines is 2. The van der Waals surface area contributed by atoms with E-state index in [9.17, 15) is 13.9 Å². The maximum atomic E-state index is 13.5. The minimum Gasteiger partial charge on any atom is -0.387 e. The highest BCUT2D eigenvalue weighted by Crippen LogP contribution is 2.19. The molecule has 0 fully saturated rings. The van der Waals surface area contributed by atoms with Crippen LogP contribution in [-0.4, -0.2) is 16.6 Å². The number of nitrogens with one attached hydrogen (secondary N) is 2. The SMILES string of the molecule is NNc1nc(NCC(O)c2ccccc2)c(F)cc1F. The van der Waals surface area contributed by atoms with E-state index in [1.165, 1.54) is 0 Å². The number of nitrogens with two attached hydrogens (primary N) is 1. The van der Waals surface area contributed by atoms with E-state index >= 15 is 0 Å². The highest BCUT2D eigenvalue weighted by molar-refractivity contribution is 5.47. The number of benzene rings is 1. The second-order valence-electron chi connectivity index (χ2n) is 4.10. The van der Waals surface area contributed by atoms with Crippen molar-refractivity contribution in [3.63, 3.8) is 0 Å². The summed E-state index contributed by atoms with van der Waals surface area (Å²) in [4.78, 5) is 3.65. The number of nitrogen functional groups attached to an aromatic ring is 1. The molecule has 1 unspecified atom stereocenters. The Balaban J connectivity index is 2.07. The molecule has 0 saturated carbocycles. The van der Waals surface area contributed by atoms with Gasteiger partial charge in [-0.3, -0.25) is 0 Å². The van der Waals surface area contributed by atoms with Crippen molar-refractivity contribution in [3.8, 4) is 0 Å². The van der Waals surface area contributed by atoms with Crippen LogP contribution in [0.25, 0.3) is 0 Å². The third kappa shape index (κ3) is 3.19. The van der Waals surface area contributed by atoms with Gasteiger partial charge in [-0.15, -0.1) is 0 Å². The van der Waals surface area contributed by atoms with Crippen molar-refractivity contribution < 1.29 is 13.9 Å². The molecule has 7 heteroatoms. The molecule has 2 aromatic rings. The zero-order valence-corrected chi connectivity index (χ0v) is 10.5. The van der Waals surface area contributed by atoms with Crippen LogP contribution in [0.3, 0.4) is 0 Å². The summed E-state index contributed by atoms with van der Waals surface area (Å²) < 4.78 is 26.7. The maximum absolute atomic E-state index is 13.5. The first-order valence-corrected chi connectivity index (χ1v) is 5.91. The lowest BCUT2D eigenvalue weighted by molar-refractivity contribution is 0.191. The Morgan fingerprint density at radius 2 is 1.80 bits per heavy atom. The van der Waals surface area contributed by atoms with E-state index in [4.69, 9.17) is 5.84 Å². The first-order chi connectivity index (χ1) is 9.61. The Kier molecular flexibility index (Phi) is 4.44. The van der Waals surface area contributed by atoms with Crippen LogP contribution in [0.2, 0.25) is 0 Å². The summed E-state index contributed by atoms with van der Waals surface area (Å²) in [6.45, 7) is 0.0313. The van der Waals surface area contributed by atoms with Crippen molar-refractivity contribution in [1.82, 2.24) is 4.98 Å². The summed E-state index contributed by atoms with van der Waals surface area (Å²) in [7, 11) is 0. The number of hydrogen-bond donors (Lipinski definition) is 4. The van der Waals surface area contributed by atoms with Gasteiger partial charge in [0.15, 0.2) is 23.3 Å². The van der Waals surface area contributed by atoms with Crippen LogP contribution in [0.15, 0.2) is 36.4 Å². The summed E-state index contributed by atoms with van der Waals surface area (Å²) >= 11 is 0. The second-order valence-corrected chi connectivity index (χ2v) is 4.10. The van der Waals surface area contributed by atoms with E-state index in [-0.39, 0.29) is 18.2 Å². The molecule has 0 aliphatic carbocycles. The number of pyridine rings is 1. The third-order valence-corrected chi connectivity index (χ3v) is 2.71. The molecule has 0 spiro atoms. The molecule has 5 N–H and O–H groups in total. The summed E-state index contributed by atoms with van der Waals surface area (Å²) in [5.41, 5.74) is 2.71. The second kappa shape index (κ2) is 6.27. The van der Waals surface area contributed by atoms with Gasteiger partial charge >= 0.3 is 0 Å². The number of rotatable bonds is 5. The predicted molar refractivity (Wildman–Crippen MR) is 71.9 cm³/mol. The van der Waals surface area contributed by atoms with E-state index < -0.39 is 17.7 Å². The Morgan fingerprint density at radius 3 is 2.45 bits per heavy atom. The average Bonchev–Trinajstić information content (AvgIpc) is 2.47. The number of aromatic nitrogens is 1. The molecule has 20 heavy (non-hydrogen) atoms. The van der Waals surface area contributed by atoms with Gasteiger partial charge in [0.1, 0.15) is 0 Å². The number of hydrazine groups is 1. The topological polar surface area (TPSA) is 83.2 Å². The Labute approximate surface area is 114 Å². The smallest absolute Gasteiger partial charge is 0.178 e. The lowest BCUT2D eigenvalue weighted by atomic mass is 10.1. The van der Waals surface area contributed by atoms with Crippen molar-refractivity contribution in [2.24, 2.45) is 5.84 Å². The Bertz CT molecular complexity index is 580. The molecule has 5 nitrogen and oxygen atoms in total. The van der Waals surface area contributed by atoms with Crippen molar-refractivity contribution in [2.45, 2.75) is 6.10 Å². The standard InChI is InChI=1S/C13H14F2N4O/c14-9-6-10(15)13(19-16)18-12(9)17-7-11(20)8-4-2-1-3-5-8/h1-6,11,20H,7,16H2,(H2,17,18,19). The number of hydrogen-bond acceptors (Lipinski definition) is 5. The van der Waals surface area contributed by atoms with Crippen LogP contribution in [0.5, 0.6) is 0 Å². The van der Waals surface area contributed by atoms with E-state index in [2.05, 4.69) is 10.3 Å². The van der Waals surface area contributed by atoms with E-state index in [0.29, 0.717) is 11.6 Å². The quantitative estimate of drug-likeness (QED) is 0.496. The van der Waals surface area contributed by atoms with E-state index in [1.54, 1.807) is 24.3 Å². The molecular weight excluding hydrogens is 266 g/mol. The first-order valence-electron chi connectivity index (χ1n) is 5.91. The molecule has 1 heterocycles. The Morgan fingerprint density at radius 1 is 1.15 bits per heavy atom. The molecule has 106 valence electrons. The van der Waals surface area contributed by atoms with Crippen LogP contribution in [0, 0.1) is 11.6 Å². The summed E-state index contributed by atoms with van der Waals surface area (Å²) in [6, 6.07) is 9.54. The molecule has 0 bridgehead atoms. The molecule has 0 amide bonds. The highest BCUT2D eigenvalue weighted by Gasteiger charge is 2.13. The van der Waals surface area contributed by atoms with Gasteiger partial charge in [-0.1, -0.05) is 30.3 Å². The monoisotopic (exact) mass is 280 g/mol. The molecule has 1 atom stereocenters. The zero-order chi connectivity index (χ0) is 14.5. The zero-order valence-electron chi connectivity index (χ0n) is 10.5. The van der Waals surface area contributed by atoms with Crippen molar-refractivity contribution in [1.29, 1.82) is 0 Å². The summed E-state index contributed by atoms with van der Waals surface area (Å²) in [6.07, 6.45) is -0.836. The van der Waals surface area contributed by atoms with Gasteiger partial charge in [-0.05, 0) is 5.56 Å². The summed E-state index contributed by atoms with van der Waals surface area (Å²) in [5, 5.41) is 12.5. The molecule has 0 saturated heterocycles. The lowest BCUT2D eigenvalue weighted by Crippen LogP contribution is -2.16. The fourth-order valence-corrected chi connectivity index (χ4v) is 1.68. The minimum absolute atomic E-state index is 0.0313. The first kappa shape index (κ1) is 14.2. The maximum Gasteiger partial charge on any atom is 0.178 e. The molecule has 2 rings (SSSR count). The van der Waals surface area contributed by atoms with Gasteiger partial charge in [-0.25, -0.2) is 19.6 Å². The van der Waals surface area contributed by atoms with Gasteiger partial charge in [0.2, 0.25) is 0 Å². The number of aliphatic hydroxyl groups excluding tert-OH is 1. The lowest BCUT2D eigenvalue weighted by Gasteiger charge is -2.14. The molecule has 1 aromatic heterocycles. The van der Waals surface area contributed by atoms with E-state index in [1.807, 2.05) is 11.5 Å². The fourth-order valence-electron chi connectivity index (χ4n) is 1.68. The van der Waals surface area contributed by atoms with Crippen molar-refractivity contribution in [3.05, 3.63) is 53.6 Å². The third-order valence-electron chi connectivity index (χ3n) is 2.71. The fraction of sp³-hybridized carbons (Fsp3) is 0.154.